The molecule has 2 saturated carbocycles. The maximum atomic E-state index is 11.6. The van der Waals surface area contributed by atoms with Crippen molar-refractivity contribution >= 4 is 17.5 Å². The summed E-state index contributed by atoms with van der Waals surface area (Å²) in [5.74, 6) is 7.83. The molecule has 1 aromatic rings. The molecule has 7 nitrogen and oxygen atoms in total. The van der Waals surface area contributed by atoms with E-state index in [-0.39, 0.29) is 12.5 Å². The van der Waals surface area contributed by atoms with E-state index in [0.717, 1.165) is 31.5 Å². The lowest BCUT2D eigenvalue weighted by atomic mass is 10.3. The molecule has 1 aromatic heterocycles. The van der Waals surface area contributed by atoms with Crippen molar-refractivity contribution < 1.29 is 4.79 Å². The van der Waals surface area contributed by atoms with Gasteiger partial charge in [0.05, 0.1) is 6.54 Å². The first-order valence-corrected chi connectivity index (χ1v) is 6.63. The highest BCUT2D eigenvalue weighted by atomic mass is 16.2. The van der Waals surface area contributed by atoms with Gasteiger partial charge in [-0.1, -0.05) is 0 Å². The third-order valence-corrected chi connectivity index (χ3v) is 3.21. The van der Waals surface area contributed by atoms with Crippen molar-refractivity contribution in [1.29, 1.82) is 0 Å². The summed E-state index contributed by atoms with van der Waals surface area (Å²) in [6.07, 6.45) is 4.42. The molecule has 0 saturated heterocycles. The summed E-state index contributed by atoms with van der Waals surface area (Å²) >= 11 is 0. The zero-order valence-corrected chi connectivity index (χ0v) is 10.6. The molecule has 1 heterocycles. The normalized spacial score (nSPS) is 17.9. The van der Waals surface area contributed by atoms with Gasteiger partial charge in [-0.05, 0) is 25.7 Å². The fourth-order valence-corrected chi connectivity index (χ4v) is 1.83. The van der Waals surface area contributed by atoms with Crippen LogP contribution in [0.4, 0.5) is 11.6 Å². The van der Waals surface area contributed by atoms with Crippen molar-refractivity contribution in [2.75, 3.05) is 17.3 Å². The number of nitrogen functional groups attached to an aromatic ring is 1. The van der Waals surface area contributed by atoms with Gasteiger partial charge in [0.2, 0.25) is 5.91 Å². The van der Waals surface area contributed by atoms with Crippen LogP contribution in [0, 0.1) is 0 Å². The van der Waals surface area contributed by atoms with Crippen LogP contribution in [0.15, 0.2) is 6.07 Å². The Labute approximate surface area is 111 Å². The number of hydrogen-bond donors (Lipinski definition) is 4. The Morgan fingerprint density at radius 2 is 2.00 bits per heavy atom. The van der Waals surface area contributed by atoms with Crippen molar-refractivity contribution in [3.8, 4) is 0 Å². The van der Waals surface area contributed by atoms with Crippen LogP contribution in [0.3, 0.4) is 0 Å². The first-order valence-electron chi connectivity index (χ1n) is 6.63. The van der Waals surface area contributed by atoms with Gasteiger partial charge in [-0.15, -0.1) is 0 Å². The van der Waals surface area contributed by atoms with Gasteiger partial charge in [-0.3, -0.25) is 4.79 Å². The molecule has 0 bridgehead atoms. The van der Waals surface area contributed by atoms with Crippen LogP contribution in [0.5, 0.6) is 0 Å². The van der Waals surface area contributed by atoms with Gasteiger partial charge in [-0.2, -0.15) is 0 Å². The van der Waals surface area contributed by atoms with E-state index in [9.17, 15) is 4.79 Å². The Kier molecular flexibility index (Phi) is 3.20. The predicted octanol–water partition coefficient (Wildman–Crippen LogP) is 0.330. The number of nitrogens with zero attached hydrogens (tertiary/aromatic N) is 2. The molecule has 7 heteroatoms. The summed E-state index contributed by atoms with van der Waals surface area (Å²) in [4.78, 5) is 20.3. The molecule has 1 amide bonds. The highest BCUT2D eigenvalue weighted by Crippen LogP contribution is 2.38. The van der Waals surface area contributed by atoms with E-state index in [1.165, 1.54) is 0 Å². The fourth-order valence-electron chi connectivity index (χ4n) is 1.83. The van der Waals surface area contributed by atoms with Gasteiger partial charge in [-0.25, -0.2) is 15.8 Å². The minimum absolute atomic E-state index is 0.00339. The van der Waals surface area contributed by atoms with Gasteiger partial charge in [0.25, 0.3) is 0 Å². The van der Waals surface area contributed by atoms with E-state index >= 15 is 0 Å². The Morgan fingerprint density at radius 1 is 1.26 bits per heavy atom. The summed E-state index contributed by atoms with van der Waals surface area (Å²) in [6, 6.07) is 2.08. The van der Waals surface area contributed by atoms with E-state index in [1.54, 1.807) is 6.07 Å². The topological polar surface area (TPSA) is 105 Å². The van der Waals surface area contributed by atoms with Gasteiger partial charge in [0.1, 0.15) is 17.5 Å². The van der Waals surface area contributed by atoms with E-state index in [2.05, 4.69) is 26.0 Å². The standard InChI is InChI=1S/C12H18N6O/c13-18-10-5-9(16-12(17-10)7-1-2-7)14-6-11(19)15-8-3-4-8/h5,7-8H,1-4,6,13H2,(H,15,19)(H2,14,16,17,18). The van der Waals surface area contributed by atoms with E-state index in [4.69, 9.17) is 5.84 Å². The summed E-state index contributed by atoms with van der Waals surface area (Å²) < 4.78 is 0. The Hall–Kier alpha value is -1.89. The summed E-state index contributed by atoms with van der Waals surface area (Å²) in [7, 11) is 0. The monoisotopic (exact) mass is 262 g/mol. The van der Waals surface area contributed by atoms with E-state index < -0.39 is 0 Å². The quantitative estimate of drug-likeness (QED) is 0.435. The maximum Gasteiger partial charge on any atom is 0.239 e. The number of rotatable bonds is 6. The van der Waals surface area contributed by atoms with Crippen LogP contribution in [-0.4, -0.2) is 28.5 Å². The van der Waals surface area contributed by atoms with Crippen LogP contribution in [0.2, 0.25) is 0 Å². The minimum atomic E-state index is -0.00339. The largest absolute Gasteiger partial charge is 0.361 e. The fraction of sp³-hybridized carbons (Fsp3) is 0.583. The summed E-state index contributed by atoms with van der Waals surface area (Å²) in [5, 5.41) is 5.93. The molecule has 0 unspecified atom stereocenters. The third-order valence-electron chi connectivity index (χ3n) is 3.21. The number of carbonyl (C=O) groups is 1. The average molecular weight is 262 g/mol. The molecule has 0 aromatic carbocycles. The lowest BCUT2D eigenvalue weighted by molar-refractivity contribution is -0.119. The van der Waals surface area contributed by atoms with E-state index in [0.29, 0.717) is 23.6 Å². The molecule has 102 valence electrons. The number of nitrogens with one attached hydrogen (secondary N) is 3. The van der Waals surface area contributed by atoms with Crippen LogP contribution in [-0.2, 0) is 4.79 Å². The van der Waals surface area contributed by atoms with Crippen molar-refractivity contribution in [1.82, 2.24) is 15.3 Å². The number of hydrogen-bond acceptors (Lipinski definition) is 6. The number of amides is 1. The molecule has 0 spiro atoms. The molecule has 5 N–H and O–H groups in total. The van der Waals surface area contributed by atoms with Crippen LogP contribution < -0.4 is 21.9 Å². The smallest absolute Gasteiger partial charge is 0.239 e. The summed E-state index contributed by atoms with van der Waals surface area (Å²) in [6.45, 7) is 0.224. The zero-order valence-electron chi connectivity index (χ0n) is 10.6. The second-order valence-electron chi connectivity index (χ2n) is 5.11. The molecule has 19 heavy (non-hydrogen) atoms. The number of nitrogens with two attached hydrogens (primary N) is 1. The van der Waals surface area contributed by atoms with Crippen molar-refractivity contribution in [3.63, 3.8) is 0 Å². The Balaban J connectivity index is 1.61. The lowest BCUT2D eigenvalue weighted by Gasteiger charge is -2.09. The predicted molar refractivity (Wildman–Crippen MR) is 71.5 cm³/mol. The molecular weight excluding hydrogens is 244 g/mol. The van der Waals surface area contributed by atoms with E-state index in [1.807, 2.05) is 0 Å². The highest BCUT2D eigenvalue weighted by Gasteiger charge is 2.27. The maximum absolute atomic E-state index is 11.6. The second kappa shape index (κ2) is 5.00. The van der Waals surface area contributed by atoms with Crippen LogP contribution >= 0.6 is 0 Å². The molecular formula is C12H18N6O. The molecule has 2 aliphatic carbocycles. The lowest BCUT2D eigenvalue weighted by Crippen LogP contribution is -2.31. The van der Waals surface area contributed by atoms with Gasteiger partial charge in [0.15, 0.2) is 0 Å². The number of carbonyl (C=O) groups excluding carboxylic acids is 1. The van der Waals surface area contributed by atoms with Crippen molar-refractivity contribution in [3.05, 3.63) is 11.9 Å². The van der Waals surface area contributed by atoms with Crippen molar-refractivity contribution in [2.24, 2.45) is 5.84 Å². The third kappa shape index (κ3) is 3.31. The number of hydrazine groups is 1. The highest BCUT2D eigenvalue weighted by molar-refractivity contribution is 5.81. The number of aromatic nitrogens is 2. The van der Waals surface area contributed by atoms with Crippen LogP contribution in [0.25, 0.3) is 0 Å². The Morgan fingerprint density at radius 3 is 2.63 bits per heavy atom. The second-order valence-corrected chi connectivity index (χ2v) is 5.11. The first-order chi connectivity index (χ1) is 9.24. The van der Waals surface area contributed by atoms with Crippen molar-refractivity contribution in [2.45, 2.75) is 37.6 Å². The molecule has 0 atom stereocenters. The zero-order chi connectivity index (χ0) is 13.2. The SMILES string of the molecule is NNc1cc(NCC(=O)NC2CC2)nc(C2CC2)n1. The first kappa shape index (κ1) is 12.2. The minimum Gasteiger partial charge on any atom is -0.361 e. The molecule has 0 radical (unpaired) electrons. The molecule has 3 rings (SSSR count). The average Bonchev–Trinajstić information content (AvgIpc) is 3.27. The van der Waals surface area contributed by atoms with Gasteiger partial charge >= 0.3 is 0 Å². The summed E-state index contributed by atoms with van der Waals surface area (Å²) in [5.41, 5.74) is 2.53. The van der Waals surface area contributed by atoms with Gasteiger partial charge < -0.3 is 16.1 Å². The number of anilines is 2. The molecule has 2 fully saturated rings. The van der Waals surface area contributed by atoms with Gasteiger partial charge in [0, 0.05) is 18.0 Å². The molecule has 0 aliphatic heterocycles. The van der Waals surface area contributed by atoms with Crippen LogP contribution in [0.1, 0.15) is 37.4 Å². The molecule has 2 aliphatic rings. The Bertz CT molecular complexity index is 483.